The first-order valence-corrected chi connectivity index (χ1v) is 9.89. The molecule has 0 unspecified atom stereocenters. The van der Waals surface area contributed by atoms with Gasteiger partial charge >= 0.3 is 0 Å². The minimum absolute atomic E-state index is 0.110. The van der Waals surface area contributed by atoms with Gasteiger partial charge in [-0.05, 0) is 78.9 Å². The molecule has 5 atom stereocenters. The van der Waals surface area contributed by atoms with Crippen LogP contribution >= 0.6 is 0 Å². The zero-order valence-electron chi connectivity index (χ0n) is 15.2. The predicted molar refractivity (Wildman–Crippen MR) is 97.5 cm³/mol. The summed E-state index contributed by atoms with van der Waals surface area (Å²) in [5.74, 6) is 2.26. The van der Waals surface area contributed by atoms with Crippen LogP contribution in [0.2, 0.25) is 0 Å². The van der Waals surface area contributed by atoms with E-state index >= 15 is 0 Å². The van der Waals surface area contributed by atoms with E-state index in [0.717, 1.165) is 37.7 Å². The topological polar surface area (TPSA) is 72.7 Å². The Balaban J connectivity index is 1.62. The summed E-state index contributed by atoms with van der Waals surface area (Å²) in [5.41, 5.74) is 3.79. The lowest BCUT2D eigenvalue weighted by molar-refractivity contribution is -0.0226. The molecule has 0 bridgehead atoms. The van der Waals surface area contributed by atoms with Crippen molar-refractivity contribution in [2.45, 2.75) is 64.0 Å². The lowest BCUT2D eigenvalue weighted by Gasteiger charge is -2.50. The van der Waals surface area contributed by atoms with Crippen molar-refractivity contribution in [2.24, 2.45) is 17.3 Å². The fourth-order valence-electron chi connectivity index (χ4n) is 6.07. The highest BCUT2D eigenvalue weighted by molar-refractivity contribution is 5.45. The number of phenols is 1. The van der Waals surface area contributed by atoms with E-state index in [4.69, 9.17) is 5.11 Å². The van der Waals surface area contributed by atoms with Gasteiger partial charge in [-0.25, -0.2) is 0 Å². The Morgan fingerprint density at radius 2 is 2.04 bits per heavy atom. The average molecular weight is 345 g/mol. The highest BCUT2D eigenvalue weighted by Crippen LogP contribution is 2.61. The van der Waals surface area contributed by atoms with E-state index in [9.17, 15) is 10.2 Å². The Morgan fingerprint density at radius 3 is 2.84 bits per heavy atom. The standard InChI is InChI=1S/C21H31NO3/c1-21-7-6-15-16(18(21)4-5-20(21)25)3-2-13-11-19(24)14(10-17(13)15)12-22-8-9-23/h10-11,15-16,18,20,22-25H,2-9,12H2,1H3/t15-,16+,18-,20-,21-/m0/s1. The Morgan fingerprint density at radius 1 is 1.20 bits per heavy atom. The Labute approximate surface area is 150 Å². The fourth-order valence-corrected chi connectivity index (χ4v) is 6.07. The van der Waals surface area contributed by atoms with Crippen molar-refractivity contribution in [3.05, 3.63) is 28.8 Å². The van der Waals surface area contributed by atoms with Crippen molar-refractivity contribution in [1.29, 1.82) is 0 Å². The molecule has 1 aromatic rings. The second-order valence-corrected chi connectivity index (χ2v) is 8.63. The van der Waals surface area contributed by atoms with E-state index < -0.39 is 0 Å². The molecule has 4 N–H and O–H groups in total. The molecule has 0 heterocycles. The van der Waals surface area contributed by atoms with E-state index in [1.807, 2.05) is 6.07 Å². The molecular formula is C21H31NO3. The van der Waals surface area contributed by atoms with Gasteiger partial charge in [-0.15, -0.1) is 0 Å². The number of hydrogen-bond acceptors (Lipinski definition) is 4. The minimum atomic E-state index is -0.127. The molecule has 138 valence electrons. The largest absolute Gasteiger partial charge is 0.508 e. The van der Waals surface area contributed by atoms with Crippen molar-refractivity contribution < 1.29 is 15.3 Å². The quantitative estimate of drug-likeness (QED) is 0.633. The Kier molecular flexibility index (Phi) is 4.55. The van der Waals surface area contributed by atoms with Crippen LogP contribution in [0.3, 0.4) is 0 Å². The zero-order valence-corrected chi connectivity index (χ0v) is 15.2. The molecule has 25 heavy (non-hydrogen) atoms. The number of rotatable bonds is 4. The van der Waals surface area contributed by atoms with Gasteiger partial charge in [0.1, 0.15) is 5.75 Å². The normalized spacial score (nSPS) is 36.6. The summed E-state index contributed by atoms with van der Waals surface area (Å²) < 4.78 is 0. The van der Waals surface area contributed by atoms with Crippen LogP contribution in [0.1, 0.15) is 61.6 Å². The molecular weight excluding hydrogens is 314 g/mol. The van der Waals surface area contributed by atoms with E-state index in [0.29, 0.717) is 36.6 Å². The van der Waals surface area contributed by atoms with Gasteiger partial charge in [-0.2, -0.15) is 0 Å². The average Bonchev–Trinajstić information content (AvgIpc) is 2.91. The van der Waals surface area contributed by atoms with E-state index in [-0.39, 0.29) is 18.1 Å². The lowest BCUT2D eigenvalue weighted by atomic mass is 9.55. The SMILES string of the molecule is C[C@]12CC[C@@H]3c4cc(CNCCO)c(O)cc4CC[C@H]3[C@@H]1CC[C@@H]2O. The molecule has 4 nitrogen and oxygen atoms in total. The monoisotopic (exact) mass is 345 g/mol. The van der Waals surface area contributed by atoms with E-state index in [1.54, 1.807) is 0 Å². The van der Waals surface area contributed by atoms with Gasteiger partial charge in [0.05, 0.1) is 12.7 Å². The molecule has 4 heteroatoms. The second-order valence-electron chi connectivity index (χ2n) is 8.63. The third-order valence-electron chi connectivity index (χ3n) is 7.48. The molecule has 1 aromatic carbocycles. The highest BCUT2D eigenvalue weighted by Gasteiger charge is 2.54. The highest BCUT2D eigenvalue weighted by atomic mass is 16.3. The number of benzene rings is 1. The maximum absolute atomic E-state index is 10.5. The van der Waals surface area contributed by atoms with Gasteiger partial charge in [0, 0.05) is 18.7 Å². The summed E-state index contributed by atoms with van der Waals surface area (Å²) in [5, 5.41) is 33.0. The summed E-state index contributed by atoms with van der Waals surface area (Å²) in [6.07, 6.45) is 6.48. The van der Waals surface area contributed by atoms with Crippen LogP contribution in [0.5, 0.6) is 5.75 Å². The maximum Gasteiger partial charge on any atom is 0.120 e. The second kappa shape index (κ2) is 6.57. The summed E-state index contributed by atoms with van der Waals surface area (Å²) in [6.45, 7) is 3.55. The number of phenolic OH excluding ortho intramolecular Hbond substituents is 1. The number of aliphatic hydroxyl groups excluding tert-OH is 2. The molecule has 0 saturated heterocycles. The fraction of sp³-hybridized carbons (Fsp3) is 0.714. The summed E-state index contributed by atoms with van der Waals surface area (Å²) in [6, 6.07) is 4.18. The van der Waals surface area contributed by atoms with Crippen molar-refractivity contribution in [3.8, 4) is 5.75 Å². The predicted octanol–water partition coefficient (Wildman–Crippen LogP) is 2.69. The molecule has 0 radical (unpaired) electrons. The Hall–Kier alpha value is -1.10. The molecule has 0 aliphatic heterocycles. The van der Waals surface area contributed by atoms with Crippen LogP contribution in [0.25, 0.3) is 0 Å². The first-order chi connectivity index (χ1) is 12.0. The molecule has 0 spiro atoms. The first kappa shape index (κ1) is 17.3. The van der Waals surface area contributed by atoms with Crippen LogP contribution in [0.15, 0.2) is 12.1 Å². The number of aromatic hydroxyl groups is 1. The van der Waals surface area contributed by atoms with Gasteiger partial charge in [-0.3, -0.25) is 0 Å². The third kappa shape index (κ3) is 2.79. The van der Waals surface area contributed by atoms with E-state index in [1.165, 1.54) is 17.5 Å². The van der Waals surface area contributed by atoms with Crippen LogP contribution in [0, 0.1) is 17.3 Å². The Bertz CT molecular complexity index is 646. The van der Waals surface area contributed by atoms with Crippen LogP contribution in [-0.2, 0) is 13.0 Å². The summed E-state index contributed by atoms with van der Waals surface area (Å²) >= 11 is 0. The van der Waals surface area contributed by atoms with Gasteiger partial charge in [0.25, 0.3) is 0 Å². The summed E-state index contributed by atoms with van der Waals surface area (Å²) in [7, 11) is 0. The number of aliphatic hydroxyl groups is 2. The first-order valence-electron chi connectivity index (χ1n) is 9.89. The molecule has 2 fully saturated rings. The number of aryl methyl sites for hydroxylation is 1. The van der Waals surface area contributed by atoms with Gasteiger partial charge in [0.2, 0.25) is 0 Å². The van der Waals surface area contributed by atoms with E-state index in [2.05, 4.69) is 18.3 Å². The van der Waals surface area contributed by atoms with Crippen LogP contribution in [0.4, 0.5) is 0 Å². The number of fused-ring (bicyclic) bond motifs is 5. The lowest BCUT2D eigenvalue weighted by Crippen LogP contribution is -2.43. The molecule has 3 aliphatic rings. The number of nitrogens with one attached hydrogen (secondary N) is 1. The van der Waals surface area contributed by atoms with Crippen molar-refractivity contribution in [1.82, 2.24) is 5.32 Å². The van der Waals surface area contributed by atoms with Crippen LogP contribution < -0.4 is 5.32 Å². The van der Waals surface area contributed by atoms with Gasteiger partial charge in [-0.1, -0.05) is 13.0 Å². The van der Waals surface area contributed by atoms with Gasteiger partial charge < -0.3 is 20.6 Å². The summed E-state index contributed by atoms with van der Waals surface area (Å²) in [4.78, 5) is 0. The smallest absolute Gasteiger partial charge is 0.120 e. The zero-order chi connectivity index (χ0) is 17.6. The molecule has 4 rings (SSSR count). The van der Waals surface area contributed by atoms with Crippen molar-refractivity contribution >= 4 is 0 Å². The molecule has 3 aliphatic carbocycles. The van der Waals surface area contributed by atoms with Crippen molar-refractivity contribution in [2.75, 3.05) is 13.2 Å². The molecule has 2 saturated carbocycles. The number of hydrogen-bond donors (Lipinski definition) is 4. The van der Waals surface area contributed by atoms with Gasteiger partial charge in [0.15, 0.2) is 0 Å². The third-order valence-corrected chi connectivity index (χ3v) is 7.48. The molecule has 0 amide bonds. The maximum atomic E-state index is 10.5. The molecule has 0 aromatic heterocycles. The van der Waals surface area contributed by atoms with Crippen molar-refractivity contribution in [3.63, 3.8) is 0 Å². The van der Waals surface area contributed by atoms with Crippen LogP contribution in [-0.4, -0.2) is 34.6 Å². The minimum Gasteiger partial charge on any atom is -0.508 e.